The van der Waals surface area contributed by atoms with Gasteiger partial charge in [-0.05, 0) is 30.7 Å². The zero-order valence-electron chi connectivity index (χ0n) is 12.5. The van der Waals surface area contributed by atoms with Gasteiger partial charge in [0.15, 0.2) is 0 Å². The van der Waals surface area contributed by atoms with E-state index in [2.05, 4.69) is 10.6 Å². The number of hydrogen-bond acceptors (Lipinski definition) is 4. The van der Waals surface area contributed by atoms with Gasteiger partial charge >= 0.3 is 0 Å². The maximum absolute atomic E-state index is 12.0. The van der Waals surface area contributed by atoms with Crippen molar-refractivity contribution >= 4 is 28.9 Å². The number of benzene rings is 2. The van der Waals surface area contributed by atoms with Crippen molar-refractivity contribution in [2.24, 2.45) is 0 Å². The predicted octanol–water partition coefficient (Wildman–Crippen LogP) is 3.54. The average molecular weight is 334 g/mol. The highest BCUT2D eigenvalue weighted by molar-refractivity contribution is 6.30. The van der Waals surface area contributed by atoms with Crippen molar-refractivity contribution in [2.75, 3.05) is 11.9 Å². The number of nitro benzene ring substituents is 1. The number of hydrogen-bond donors (Lipinski definition) is 2. The molecular formula is C16H16ClN3O3. The standard InChI is InChI=1S/C16H16ClN3O3/c1-11(12-6-8-13(17)9-7-12)18-10-16(21)19-14-4-2-3-5-15(14)20(22)23/h2-9,11,18H,10H2,1H3,(H,19,21)/t11-/m0/s1. The van der Waals surface area contributed by atoms with Gasteiger partial charge in [0.25, 0.3) is 5.69 Å². The third-order valence-corrected chi connectivity index (χ3v) is 3.57. The number of anilines is 1. The van der Waals surface area contributed by atoms with Crippen LogP contribution in [0.3, 0.4) is 0 Å². The highest BCUT2D eigenvalue weighted by Crippen LogP contribution is 2.23. The van der Waals surface area contributed by atoms with Gasteiger partial charge in [0.1, 0.15) is 5.69 Å². The van der Waals surface area contributed by atoms with E-state index in [0.717, 1.165) is 5.56 Å². The Bertz CT molecular complexity index is 704. The van der Waals surface area contributed by atoms with Crippen LogP contribution in [0.2, 0.25) is 5.02 Å². The van der Waals surface area contributed by atoms with E-state index in [1.165, 1.54) is 12.1 Å². The molecule has 0 aliphatic carbocycles. The van der Waals surface area contributed by atoms with Crippen LogP contribution < -0.4 is 10.6 Å². The van der Waals surface area contributed by atoms with Crippen molar-refractivity contribution in [3.63, 3.8) is 0 Å². The largest absolute Gasteiger partial charge is 0.319 e. The molecule has 1 amide bonds. The Kier molecular flexibility index (Phi) is 5.67. The molecule has 0 heterocycles. The van der Waals surface area contributed by atoms with Gasteiger partial charge in [-0.3, -0.25) is 14.9 Å². The van der Waals surface area contributed by atoms with E-state index in [-0.39, 0.29) is 29.9 Å². The van der Waals surface area contributed by atoms with Gasteiger partial charge in [0.05, 0.1) is 11.5 Å². The first-order valence-corrected chi connectivity index (χ1v) is 7.37. The van der Waals surface area contributed by atoms with Crippen LogP contribution in [0.4, 0.5) is 11.4 Å². The molecule has 120 valence electrons. The summed E-state index contributed by atoms with van der Waals surface area (Å²) in [4.78, 5) is 22.3. The zero-order valence-corrected chi connectivity index (χ0v) is 13.2. The maximum Gasteiger partial charge on any atom is 0.292 e. The summed E-state index contributed by atoms with van der Waals surface area (Å²) in [5, 5.41) is 17.2. The van der Waals surface area contributed by atoms with Gasteiger partial charge in [0, 0.05) is 17.1 Å². The average Bonchev–Trinajstić information content (AvgIpc) is 2.53. The van der Waals surface area contributed by atoms with Crippen molar-refractivity contribution in [2.45, 2.75) is 13.0 Å². The number of para-hydroxylation sites is 2. The molecular weight excluding hydrogens is 318 g/mol. The van der Waals surface area contributed by atoms with Gasteiger partial charge in [-0.1, -0.05) is 35.9 Å². The number of carbonyl (C=O) groups is 1. The number of carbonyl (C=O) groups excluding carboxylic acids is 1. The van der Waals surface area contributed by atoms with E-state index >= 15 is 0 Å². The van der Waals surface area contributed by atoms with E-state index < -0.39 is 4.92 Å². The number of nitro groups is 1. The molecule has 0 saturated heterocycles. The van der Waals surface area contributed by atoms with E-state index in [4.69, 9.17) is 11.6 Å². The second kappa shape index (κ2) is 7.71. The lowest BCUT2D eigenvalue weighted by atomic mass is 10.1. The van der Waals surface area contributed by atoms with Crippen LogP contribution in [0.5, 0.6) is 0 Å². The third kappa shape index (κ3) is 4.77. The lowest BCUT2D eigenvalue weighted by Crippen LogP contribution is -2.30. The number of halogens is 1. The monoisotopic (exact) mass is 333 g/mol. The highest BCUT2D eigenvalue weighted by Gasteiger charge is 2.15. The summed E-state index contributed by atoms with van der Waals surface area (Å²) in [6.45, 7) is 1.96. The fourth-order valence-corrected chi connectivity index (χ4v) is 2.17. The van der Waals surface area contributed by atoms with E-state index in [0.29, 0.717) is 5.02 Å². The number of rotatable bonds is 6. The molecule has 0 spiro atoms. The lowest BCUT2D eigenvalue weighted by molar-refractivity contribution is -0.383. The van der Waals surface area contributed by atoms with Crippen LogP contribution in [0, 0.1) is 10.1 Å². The van der Waals surface area contributed by atoms with Crippen molar-refractivity contribution in [3.8, 4) is 0 Å². The summed E-state index contributed by atoms with van der Waals surface area (Å²) >= 11 is 5.83. The molecule has 0 unspecified atom stereocenters. The van der Waals surface area contributed by atoms with Crippen LogP contribution in [0.15, 0.2) is 48.5 Å². The molecule has 23 heavy (non-hydrogen) atoms. The molecule has 6 nitrogen and oxygen atoms in total. The topological polar surface area (TPSA) is 84.3 Å². The molecule has 2 rings (SSSR count). The Morgan fingerprint density at radius 2 is 1.87 bits per heavy atom. The van der Waals surface area contributed by atoms with Crippen LogP contribution in [0.25, 0.3) is 0 Å². The summed E-state index contributed by atoms with van der Waals surface area (Å²) in [6.07, 6.45) is 0. The summed E-state index contributed by atoms with van der Waals surface area (Å²) in [6, 6.07) is 13.3. The molecule has 2 N–H and O–H groups in total. The predicted molar refractivity (Wildman–Crippen MR) is 89.6 cm³/mol. The quantitative estimate of drug-likeness (QED) is 0.625. The first-order valence-electron chi connectivity index (χ1n) is 6.99. The second-order valence-electron chi connectivity index (χ2n) is 4.98. The molecule has 0 aliphatic heterocycles. The highest BCUT2D eigenvalue weighted by atomic mass is 35.5. The molecule has 0 bridgehead atoms. The Labute approximate surface area is 138 Å². The molecule has 2 aromatic carbocycles. The molecule has 1 atom stereocenters. The van der Waals surface area contributed by atoms with Crippen molar-refractivity contribution < 1.29 is 9.72 Å². The maximum atomic E-state index is 12.0. The number of amides is 1. The summed E-state index contributed by atoms with van der Waals surface area (Å²) < 4.78 is 0. The Morgan fingerprint density at radius 1 is 1.22 bits per heavy atom. The minimum Gasteiger partial charge on any atom is -0.319 e. The fourth-order valence-electron chi connectivity index (χ4n) is 2.05. The van der Waals surface area contributed by atoms with Gasteiger partial charge in [-0.15, -0.1) is 0 Å². The normalized spacial score (nSPS) is 11.7. The molecule has 7 heteroatoms. The summed E-state index contributed by atoms with van der Waals surface area (Å²) in [7, 11) is 0. The smallest absolute Gasteiger partial charge is 0.292 e. The van der Waals surface area contributed by atoms with Crippen molar-refractivity contribution in [1.29, 1.82) is 0 Å². The van der Waals surface area contributed by atoms with Gasteiger partial charge in [-0.25, -0.2) is 0 Å². The van der Waals surface area contributed by atoms with Crippen molar-refractivity contribution in [3.05, 3.63) is 69.2 Å². The molecule has 0 aromatic heterocycles. The number of nitrogens with zero attached hydrogens (tertiary/aromatic N) is 1. The molecule has 2 aromatic rings. The Balaban J connectivity index is 1.93. The van der Waals surface area contributed by atoms with Crippen LogP contribution >= 0.6 is 11.6 Å². The SMILES string of the molecule is C[C@H](NCC(=O)Nc1ccccc1[N+](=O)[O-])c1ccc(Cl)cc1. The molecule has 0 radical (unpaired) electrons. The molecule has 0 saturated carbocycles. The van der Waals surface area contributed by atoms with Crippen LogP contribution in [-0.4, -0.2) is 17.4 Å². The Hall–Kier alpha value is -2.44. The summed E-state index contributed by atoms with van der Waals surface area (Å²) in [5.41, 5.74) is 1.04. The zero-order chi connectivity index (χ0) is 16.8. The van der Waals surface area contributed by atoms with Crippen molar-refractivity contribution in [1.82, 2.24) is 5.32 Å². The lowest BCUT2D eigenvalue weighted by Gasteiger charge is -2.14. The fraction of sp³-hybridized carbons (Fsp3) is 0.188. The van der Waals surface area contributed by atoms with E-state index in [9.17, 15) is 14.9 Å². The van der Waals surface area contributed by atoms with E-state index in [1.54, 1.807) is 24.3 Å². The van der Waals surface area contributed by atoms with Gasteiger partial charge in [0.2, 0.25) is 5.91 Å². The Morgan fingerprint density at radius 3 is 2.52 bits per heavy atom. The first kappa shape index (κ1) is 16.9. The number of nitrogens with one attached hydrogen (secondary N) is 2. The summed E-state index contributed by atoms with van der Waals surface area (Å²) in [5.74, 6) is -0.347. The molecule has 0 fully saturated rings. The second-order valence-corrected chi connectivity index (χ2v) is 5.41. The van der Waals surface area contributed by atoms with Crippen LogP contribution in [-0.2, 0) is 4.79 Å². The minimum atomic E-state index is -0.528. The minimum absolute atomic E-state index is 0.0375. The van der Waals surface area contributed by atoms with E-state index in [1.807, 2.05) is 19.1 Å². The molecule has 0 aliphatic rings. The third-order valence-electron chi connectivity index (χ3n) is 3.31. The van der Waals surface area contributed by atoms with Gasteiger partial charge in [-0.2, -0.15) is 0 Å². The van der Waals surface area contributed by atoms with Gasteiger partial charge < -0.3 is 10.6 Å². The van der Waals surface area contributed by atoms with Crippen LogP contribution in [0.1, 0.15) is 18.5 Å². The first-order chi connectivity index (χ1) is 11.0.